The summed E-state index contributed by atoms with van der Waals surface area (Å²) < 4.78 is 10.8. The van der Waals surface area contributed by atoms with Gasteiger partial charge in [0.15, 0.2) is 11.5 Å². The van der Waals surface area contributed by atoms with Crippen molar-refractivity contribution in [3.63, 3.8) is 0 Å². The third-order valence-electron chi connectivity index (χ3n) is 4.04. The molecule has 4 rings (SSSR count). The second kappa shape index (κ2) is 4.23. The molecular weight excluding hydrogens is 256 g/mol. The Kier molecular flexibility index (Phi) is 2.49. The van der Waals surface area contributed by atoms with Gasteiger partial charge in [0.1, 0.15) is 0 Å². The molecule has 3 aliphatic rings. The minimum atomic E-state index is 0.0703. The number of hydrazone groups is 1. The van der Waals surface area contributed by atoms with Crippen LogP contribution in [0.25, 0.3) is 0 Å². The molecule has 1 unspecified atom stereocenters. The molecule has 1 atom stereocenters. The summed E-state index contributed by atoms with van der Waals surface area (Å²) in [4.78, 5) is 12.2. The van der Waals surface area contributed by atoms with Crippen molar-refractivity contribution >= 4 is 12.1 Å². The molecule has 0 saturated heterocycles. The number of carbonyl (C=O) groups is 1. The van der Waals surface area contributed by atoms with Gasteiger partial charge in [-0.15, -0.1) is 0 Å². The minimum absolute atomic E-state index is 0.0703. The molecule has 104 valence electrons. The molecule has 1 aromatic rings. The highest BCUT2D eigenvalue weighted by molar-refractivity contribution is 5.87. The van der Waals surface area contributed by atoms with E-state index in [0.717, 1.165) is 41.9 Å². The van der Waals surface area contributed by atoms with Gasteiger partial charge in [-0.05, 0) is 43.9 Å². The zero-order chi connectivity index (χ0) is 13.7. The average molecular weight is 272 g/mol. The zero-order valence-corrected chi connectivity index (χ0v) is 11.3. The van der Waals surface area contributed by atoms with Crippen molar-refractivity contribution < 1.29 is 14.3 Å². The third kappa shape index (κ3) is 1.85. The number of carbonyl (C=O) groups excluding carboxylic acids is 1. The fourth-order valence-electron chi connectivity index (χ4n) is 2.73. The van der Waals surface area contributed by atoms with E-state index in [9.17, 15) is 4.79 Å². The van der Waals surface area contributed by atoms with Gasteiger partial charge in [-0.2, -0.15) is 5.10 Å². The van der Waals surface area contributed by atoms with Gasteiger partial charge in [-0.1, -0.05) is 0 Å². The Morgan fingerprint density at radius 2 is 2.05 bits per heavy atom. The smallest absolute Gasteiger partial charge is 0.246 e. The maximum atomic E-state index is 12.2. The maximum Gasteiger partial charge on any atom is 0.246 e. The first-order valence-electron chi connectivity index (χ1n) is 7.02. The quantitative estimate of drug-likeness (QED) is 0.785. The molecule has 1 saturated carbocycles. The number of benzene rings is 1. The summed E-state index contributed by atoms with van der Waals surface area (Å²) >= 11 is 0. The van der Waals surface area contributed by atoms with E-state index >= 15 is 0 Å². The molecule has 1 amide bonds. The summed E-state index contributed by atoms with van der Waals surface area (Å²) in [6.45, 7) is 2.31. The molecule has 0 radical (unpaired) electrons. The second-order valence-electron chi connectivity index (χ2n) is 5.66. The minimum Gasteiger partial charge on any atom is -0.454 e. The Morgan fingerprint density at radius 1 is 1.30 bits per heavy atom. The van der Waals surface area contributed by atoms with Crippen molar-refractivity contribution in [2.75, 3.05) is 6.79 Å². The maximum absolute atomic E-state index is 12.2. The normalized spacial score (nSPS) is 23.4. The van der Waals surface area contributed by atoms with E-state index in [0.29, 0.717) is 0 Å². The molecule has 1 aromatic carbocycles. The molecule has 20 heavy (non-hydrogen) atoms. The lowest BCUT2D eigenvalue weighted by molar-refractivity contribution is -0.134. The van der Waals surface area contributed by atoms with Crippen LogP contribution < -0.4 is 9.47 Å². The molecule has 0 bridgehead atoms. The van der Waals surface area contributed by atoms with Gasteiger partial charge >= 0.3 is 0 Å². The number of rotatable bonds is 1. The number of nitrogens with zero attached hydrogens (tertiary/aromatic N) is 2. The lowest BCUT2D eigenvalue weighted by atomic mass is 10.0. The Morgan fingerprint density at radius 3 is 2.80 bits per heavy atom. The summed E-state index contributed by atoms with van der Waals surface area (Å²) in [5.41, 5.74) is 2.16. The number of hydrogen-bond donors (Lipinski definition) is 0. The summed E-state index contributed by atoms with van der Waals surface area (Å²) in [6, 6.07) is 4.02. The molecule has 5 heteroatoms. The summed E-state index contributed by atoms with van der Waals surface area (Å²) in [5, 5.41) is 6.04. The van der Waals surface area contributed by atoms with E-state index in [-0.39, 0.29) is 24.7 Å². The van der Waals surface area contributed by atoms with Crippen molar-refractivity contribution in [1.82, 2.24) is 5.01 Å². The number of ether oxygens (including phenoxy) is 2. The van der Waals surface area contributed by atoms with Gasteiger partial charge in [0.2, 0.25) is 12.7 Å². The van der Waals surface area contributed by atoms with E-state index in [2.05, 4.69) is 5.10 Å². The Hall–Kier alpha value is -2.04. The van der Waals surface area contributed by atoms with Crippen LogP contribution in [-0.4, -0.2) is 30.0 Å². The molecule has 0 spiro atoms. The monoisotopic (exact) mass is 272 g/mol. The molecule has 2 aliphatic heterocycles. The van der Waals surface area contributed by atoms with Crippen LogP contribution in [0.2, 0.25) is 0 Å². The highest BCUT2D eigenvalue weighted by Gasteiger charge is 2.36. The van der Waals surface area contributed by atoms with Gasteiger partial charge in [-0.25, -0.2) is 5.01 Å². The third-order valence-corrected chi connectivity index (χ3v) is 4.04. The van der Waals surface area contributed by atoms with Crippen molar-refractivity contribution in [3.05, 3.63) is 23.3 Å². The average Bonchev–Trinajstić information content (AvgIpc) is 3.20. The van der Waals surface area contributed by atoms with Crippen LogP contribution in [0.1, 0.15) is 30.9 Å². The van der Waals surface area contributed by atoms with Crippen LogP contribution in [0.5, 0.6) is 11.5 Å². The first-order valence-corrected chi connectivity index (χ1v) is 7.02. The molecular formula is C15H16N2O3. The predicted octanol–water partition coefficient (Wildman–Crippen LogP) is 1.93. The van der Waals surface area contributed by atoms with Crippen LogP contribution in [0.3, 0.4) is 0 Å². The topological polar surface area (TPSA) is 51.1 Å². The number of fused-ring (bicyclic) bond motifs is 2. The van der Waals surface area contributed by atoms with Crippen molar-refractivity contribution in [3.8, 4) is 11.5 Å². The number of amides is 1. The van der Waals surface area contributed by atoms with Crippen LogP contribution in [0, 0.1) is 5.92 Å². The van der Waals surface area contributed by atoms with E-state index in [1.807, 2.05) is 19.1 Å². The molecule has 1 fully saturated rings. The molecule has 2 heterocycles. The van der Waals surface area contributed by atoms with Crippen molar-refractivity contribution in [2.24, 2.45) is 11.0 Å². The fourth-order valence-corrected chi connectivity index (χ4v) is 2.73. The summed E-state index contributed by atoms with van der Waals surface area (Å²) in [6.07, 6.45) is 4.55. The molecule has 1 aliphatic carbocycles. The SMILES string of the molecule is CC1Cc2cc3c(cc2C=NN1C(=O)C1CC1)OCO3. The first-order chi connectivity index (χ1) is 9.72. The van der Waals surface area contributed by atoms with Gasteiger partial charge in [0.25, 0.3) is 0 Å². The predicted molar refractivity (Wildman–Crippen MR) is 72.9 cm³/mol. The molecule has 5 nitrogen and oxygen atoms in total. The Balaban J connectivity index is 1.68. The van der Waals surface area contributed by atoms with Gasteiger partial charge in [0, 0.05) is 11.5 Å². The van der Waals surface area contributed by atoms with Crippen LogP contribution in [0.4, 0.5) is 0 Å². The lowest BCUT2D eigenvalue weighted by Gasteiger charge is -2.22. The molecule has 0 aromatic heterocycles. The van der Waals surface area contributed by atoms with E-state index < -0.39 is 0 Å². The highest BCUT2D eigenvalue weighted by Crippen LogP contribution is 2.37. The van der Waals surface area contributed by atoms with Gasteiger partial charge < -0.3 is 9.47 Å². The zero-order valence-electron chi connectivity index (χ0n) is 11.3. The van der Waals surface area contributed by atoms with E-state index in [4.69, 9.17) is 9.47 Å². The lowest BCUT2D eigenvalue weighted by Crippen LogP contribution is -2.35. The van der Waals surface area contributed by atoms with E-state index in [1.165, 1.54) is 0 Å². The Bertz CT molecular complexity index is 607. The van der Waals surface area contributed by atoms with Gasteiger partial charge in [-0.3, -0.25) is 4.79 Å². The van der Waals surface area contributed by atoms with Crippen molar-refractivity contribution in [2.45, 2.75) is 32.2 Å². The van der Waals surface area contributed by atoms with Crippen LogP contribution in [0.15, 0.2) is 17.2 Å². The Labute approximate surface area is 117 Å². The second-order valence-corrected chi connectivity index (χ2v) is 5.66. The first kappa shape index (κ1) is 11.8. The molecule has 0 N–H and O–H groups in total. The van der Waals surface area contributed by atoms with Crippen LogP contribution in [-0.2, 0) is 11.2 Å². The highest BCUT2D eigenvalue weighted by atomic mass is 16.7. The summed E-state index contributed by atoms with van der Waals surface area (Å²) in [7, 11) is 0. The number of hydrogen-bond acceptors (Lipinski definition) is 4. The van der Waals surface area contributed by atoms with E-state index in [1.54, 1.807) is 11.2 Å². The standard InChI is InChI=1S/C15H16N2O3/c1-9-4-11-5-13-14(20-8-19-13)6-12(11)7-16-17(9)15(18)10-2-3-10/h5-7,9-10H,2-4,8H2,1H3. The largest absolute Gasteiger partial charge is 0.454 e. The summed E-state index contributed by atoms with van der Waals surface area (Å²) in [5.74, 6) is 1.88. The van der Waals surface area contributed by atoms with Crippen LogP contribution >= 0.6 is 0 Å². The van der Waals surface area contributed by atoms with Gasteiger partial charge in [0.05, 0.1) is 12.3 Å². The fraction of sp³-hybridized carbons (Fsp3) is 0.467. The van der Waals surface area contributed by atoms with Crippen molar-refractivity contribution in [1.29, 1.82) is 0 Å².